The highest BCUT2D eigenvalue weighted by Gasteiger charge is 2.26. The van der Waals surface area contributed by atoms with Crippen LogP contribution >= 0.6 is 11.8 Å². The van der Waals surface area contributed by atoms with Gasteiger partial charge >= 0.3 is 0 Å². The third kappa shape index (κ3) is 6.72. The molecule has 7 nitrogen and oxygen atoms in total. The minimum atomic E-state index is -0.130. The molecule has 1 aliphatic carbocycles. The smallest absolute Gasteiger partial charge is 0.262 e. The van der Waals surface area contributed by atoms with Crippen molar-refractivity contribution in [3.63, 3.8) is 0 Å². The van der Waals surface area contributed by atoms with Gasteiger partial charge in [-0.05, 0) is 60.9 Å². The van der Waals surface area contributed by atoms with E-state index in [4.69, 9.17) is 4.98 Å². The molecule has 0 unspecified atom stereocenters. The summed E-state index contributed by atoms with van der Waals surface area (Å²) in [7, 11) is 0. The lowest BCUT2D eigenvalue weighted by molar-refractivity contribution is -0.130. The third-order valence-corrected chi connectivity index (χ3v) is 8.83. The van der Waals surface area contributed by atoms with Gasteiger partial charge in [-0.3, -0.25) is 19.0 Å². The fourth-order valence-electron chi connectivity index (χ4n) is 5.94. The molecule has 0 bridgehead atoms. The number of piperidine rings is 1. The Morgan fingerprint density at radius 1 is 0.974 bits per heavy atom. The Balaban J connectivity index is 1.33. The topological polar surface area (TPSA) is 84.3 Å². The van der Waals surface area contributed by atoms with E-state index in [2.05, 4.69) is 19.2 Å². The number of aromatic nitrogens is 2. The van der Waals surface area contributed by atoms with Crippen molar-refractivity contribution in [2.75, 3.05) is 18.8 Å². The van der Waals surface area contributed by atoms with Crippen molar-refractivity contribution in [2.45, 2.75) is 70.1 Å². The first-order valence-electron chi connectivity index (χ1n) is 14.2. The molecule has 206 valence electrons. The zero-order valence-electron chi connectivity index (χ0n) is 22.9. The highest BCUT2D eigenvalue weighted by atomic mass is 32.2. The quantitative estimate of drug-likeness (QED) is 0.329. The zero-order chi connectivity index (χ0) is 27.4. The zero-order valence-corrected chi connectivity index (χ0v) is 23.7. The molecule has 1 aliphatic heterocycles. The van der Waals surface area contributed by atoms with Crippen molar-refractivity contribution < 1.29 is 9.59 Å². The van der Waals surface area contributed by atoms with Crippen LogP contribution in [0.4, 0.5) is 0 Å². The van der Waals surface area contributed by atoms with Crippen LogP contribution in [0.25, 0.3) is 10.9 Å². The van der Waals surface area contributed by atoms with Crippen LogP contribution in [0.5, 0.6) is 0 Å². The Kier molecular flexibility index (Phi) is 8.70. The van der Waals surface area contributed by atoms with Crippen molar-refractivity contribution in [3.05, 3.63) is 70.0 Å². The van der Waals surface area contributed by atoms with E-state index in [1.165, 1.54) is 31.0 Å². The van der Waals surface area contributed by atoms with Gasteiger partial charge in [0.25, 0.3) is 11.5 Å². The third-order valence-electron chi connectivity index (χ3n) is 7.87. The fraction of sp³-hybridized carbons (Fsp3) is 0.484. The van der Waals surface area contributed by atoms with Crippen LogP contribution in [-0.2, 0) is 11.3 Å². The van der Waals surface area contributed by atoms with Gasteiger partial charge in [0.2, 0.25) is 5.91 Å². The van der Waals surface area contributed by atoms with Crippen LogP contribution in [0.2, 0.25) is 0 Å². The maximum atomic E-state index is 13.5. The second kappa shape index (κ2) is 12.4. The first-order valence-corrected chi connectivity index (χ1v) is 15.2. The lowest BCUT2D eigenvalue weighted by Crippen LogP contribution is -2.43. The fourth-order valence-corrected chi connectivity index (χ4v) is 6.84. The Morgan fingerprint density at radius 3 is 2.38 bits per heavy atom. The molecule has 2 heterocycles. The molecule has 1 N–H and O–H groups in total. The molecule has 2 aliphatic rings. The van der Waals surface area contributed by atoms with Crippen molar-refractivity contribution in [1.29, 1.82) is 0 Å². The van der Waals surface area contributed by atoms with Gasteiger partial charge in [-0.25, -0.2) is 4.98 Å². The number of benzene rings is 2. The standard InChI is InChI=1S/C31H38N4O3S/c1-21-16-22(2)18-34(17-21)28(36)20-39-31-33-27-11-7-6-10-26(27)30(38)35(31)19-23-12-14-24(15-13-23)29(37)32-25-8-4-3-5-9-25/h6-7,10-15,21-22,25H,3-5,8-9,16-20H2,1-2H3,(H,32,37)/t21-,22+. The van der Waals surface area contributed by atoms with E-state index in [1.807, 2.05) is 47.4 Å². The highest BCUT2D eigenvalue weighted by molar-refractivity contribution is 7.99. The first-order chi connectivity index (χ1) is 18.9. The number of likely N-dealkylation sites (tertiary alicyclic amines) is 1. The van der Waals surface area contributed by atoms with Crippen LogP contribution in [-0.4, -0.2) is 51.1 Å². The summed E-state index contributed by atoms with van der Waals surface area (Å²) in [6.45, 7) is 6.26. The maximum absolute atomic E-state index is 13.5. The number of para-hydroxylation sites is 1. The Bertz CT molecular complexity index is 1370. The van der Waals surface area contributed by atoms with E-state index < -0.39 is 0 Å². The number of fused-ring (bicyclic) bond motifs is 1. The minimum Gasteiger partial charge on any atom is -0.349 e. The number of hydrogen-bond donors (Lipinski definition) is 1. The summed E-state index contributed by atoms with van der Waals surface area (Å²) >= 11 is 1.32. The molecular formula is C31H38N4O3S. The van der Waals surface area contributed by atoms with Gasteiger partial charge in [0, 0.05) is 24.7 Å². The van der Waals surface area contributed by atoms with E-state index in [9.17, 15) is 14.4 Å². The molecule has 1 aromatic heterocycles. The number of rotatable bonds is 7. The summed E-state index contributed by atoms with van der Waals surface area (Å²) in [4.78, 5) is 46.1. The summed E-state index contributed by atoms with van der Waals surface area (Å²) < 4.78 is 1.65. The van der Waals surface area contributed by atoms with Crippen molar-refractivity contribution >= 4 is 34.5 Å². The Hall–Kier alpha value is -3.13. The summed E-state index contributed by atoms with van der Waals surface area (Å²) in [6, 6.07) is 15.0. The van der Waals surface area contributed by atoms with Crippen LogP contribution in [0.3, 0.4) is 0 Å². The lowest BCUT2D eigenvalue weighted by Gasteiger charge is -2.35. The minimum absolute atomic E-state index is 0.0471. The first kappa shape index (κ1) is 27.4. The van der Waals surface area contributed by atoms with E-state index in [-0.39, 0.29) is 29.2 Å². The predicted octanol–water partition coefficient (Wildman–Crippen LogP) is 5.10. The van der Waals surface area contributed by atoms with E-state index in [1.54, 1.807) is 10.6 Å². The van der Waals surface area contributed by atoms with E-state index >= 15 is 0 Å². The largest absolute Gasteiger partial charge is 0.349 e. The van der Waals surface area contributed by atoms with Crippen molar-refractivity contribution in [2.24, 2.45) is 11.8 Å². The molecule has 1 saturated carbocycles. The average Bonchev–Trinajstić information content (AvgIpc) is 2.94. The van der Waals surface area contributed by atoms with E-state index in [0.717, 1.165) is 37.9 Å². The number of hydrogen-bond acceptors (Lipinski definition) is 5. The number of carbonyl (C=O) groups is 2. The van der Waals surface area contributed by atoms with E-state index in [0.29, 0.717) is 40.0 Å². The number of thioether (sulfide) groups is 1. The van der Waals surface area contributed by atoms with Crippen LogP contribution in [0, 0.1) is 11.8 Å². The second-order valence-corrected chi connectivity index (χ2v) is 12.3. The number of amides is 2. The van der Waals surface area contributed by atoms with Gasteiger partial charge in [-0.2, -0.15) is 0 Å². The molecule has 2 aromatic carbocycles. The Labute approximate surface area is 234 Å². The average molecular weight is 547 g/mol. The van der Waals surface area contributed by atoms with Gasteiger partial charge < -0.3 is 10.2 Å². The second-order valence-electron chi connectivity index (χ2n) is 11.3. The number of nitrogens with zero attached hydrogens (tertiary/aromatic N) is 3. The van der Waals surface area contributed by atoms with Gasteiger partial charge in [0.05, 0.1) is 23.2 Å². The monoisotopic (exact) mass is 546 g/mol. The normalized spacial score (nSPS) is 20.2. The molecule has 5 rings (SSSR count). The van der Waals surface area contributed by atoms with Crippen molar-refractivity contribution in [1.82, 2.24) is 19.8 Å². The summed E-state index contributed by atoms with van der Waals surface area (Å²) in [5.74, 6) is 1.26. The lowest BCUT2D eigenvalue weighted by atomic mass is 9.92. The van der Waals surface area contributed by atoms with Gasteiger partial charge in [-0.15, -0.1) is 0 Å². The molecule has 2 amide bonds. The molecular weight excluding hydrogens is 508 g/mol. The van der Waals surface area contributed by atoms with Crippen LogP contribution in [0.15, 0.2) is 58.5 Å². The predicted molar refractivity (Wildman–Crippen MR) is 156 cm³/mol. The molecule has 8 heteroatoms. The SMILES string of the molecule is C[C@@H]1C[C@H](C)CN(C(=O)CSc2nc3ccccc3c(=O)n2Cc2ccc(C(=O)NC3CCCCC3)cc2)C1. The van der Waals surface area contributed by atoms with Gasteiger partial charge in [-0.1, -0.05) is 69.1 Å². The molecule has 0 radical (unpaired) electrons. The molecule has 2 atom stereocenters. The van der Waals surface area contributed by atoms with Gasteiger partial charge in [0.15, 0.2) is 5.16 Å². The maximum Gasteiger partial charge on any atom is 0.262 e. The summed E-state index contributed by atoms with van der Waals surface area (Å²) in [5.41, 5.74) is 2.02. The van der Waals surface area contributed by atoms with Crippen molar-refractivity contribution in [3.8, 4) is 0 Å². The summed E-state index contributed by atoms with van der Waals surface area (Å²) in [5, 5.41) is 4.24. The van der Waals surface area contributed by atoms with Crippen LogP contribution in [0.1, 0.15) is 68.3 Å². The number of nitrogens with one attached hydrogen (secondary N) is 1. The Morgan fingerprint density at radius 2 is 1.67 bits per heavy atom. The van der Waals surface area contributed by atoms with Gasteiger partial charge in [0.1, 0.15) is 0 Å². The number of carbonyl (C=O) groups excluding carboxylic acids is 2. The molecule has 0 spiro atoms. The summed E-state index contributed by atoms with van der Waals surface area (Å²) in [6.07, 6.45) is 6.81. The molecule has 3 aromatic rings. The molecule has 1 saturated heterocycles. The highest BCUT2D eigenvalue weighted by Crippen LogP contribution is 2.24. The molecule has 39 heavy (non-hydrogen) atoms. The molecule has 2 fully saturated rings. The van der Waals surface area contributed by atoms with Crippen LogP contribution < -0.4 is 10.9 Å².